The molecule has 7 heteroatoms. The molecule has 0 radical (unpaired) electrons. The van der Waals surface area contributed by atoms with E-state index in [-0.39, 0.29) is 12.4 Å². The molecule has 138 valence electrons. The molecular formula is C19H18F2O5. The second kappa shape index (κ2) is 9.41. The predicted molar refractivity (Wildman–Crippen MR) is 91.5 cm³/mol. The molecule has 0 spiro atoms. The number of hydrogen-bond donors (Lipinski definition) is 0. The fraction of sp³-hybridized carbons (Fsp3) is 0.211. The maximum absolute atomic E-state index is 12.1. The van der Waals surface area contributed by atoms with Crippen LogP contribution in [0.25, 0.3) is 6.08 Å². The maximum atomic E-state index is 12.1. The zero-order valence-electron chi connectivity index (χ0n) is 14.3. The minimum absolute atomic E-state index is 0.0492. The van der Waals surface area contributed by atoms with Crippen LogP contribution in [0.3, 0.4) is 0 Å². The van der Waals surface area contributed by atoms with E-state index in [1.165, 1.54) is 38.5 Å². The average molecular weight is 364 g/mol. The molecule has 2 aromatic carbocycles. The van der Waals surface area contributed by atoms with Gasteiger partial charge in [0.05, 0.1) is 14.2 Å². The van der Waals surface area contributed by atoms with Crippen LogP contribution in [0.5, 0.6) is 17.2 Å². The molecule has 0 saturated heterocycles. The molecule has 0 N–H and O–H groups in total. The molecule has 0 fully saturated rings. The largest absolute Gasteiger partial charge is 0.493 e. The number of hydrogen-bond acceptors (Lipinski definition) is 5. The number of methoxy groups -OCH3 is 2. The van der Waals surface area contributed by atoms with Crippen molar-refractivity contribution in [2.75, 3.05) is 14.2 Å². The van der Waals surface area contributed by atoms with Crippen LogP contribution in [-0.2, 0) is 16.1 Å². The summed E-state index contributed by atoms with van der Waals surface area (Å²) in [6, 6.07) is 11.1. The third-order valence-electron chi connectivity index (χ3n) is 3.35. The third kappa shape index (κ3) is 5.77. The number of ether oxygens (including phenoxy) is 4. The van der Waals surface area contributed by atoms with E-state index in [9.17, 15) is 13.6 Å². The zero-order chi connectivity index (χ0) is 18.9. The minimum Gasteiger partial charge on any atom is -0.493 e. The minimum atomic E-state index is -2.87. The number of alkyl halides is 2. The molecule has 2 rings (SSSR count). The van der Waals surface area contributed by atoms with Crippen LogP contribution >= 0.6 is 0 Å². The van der Waals surface area contributed by atoms with Gasteiger partial charge in [-0.15, -0.1) is 0 Å². The lowest BCUT2D eigenvalue weighted by atomic mass is 10.2. The molecule has 0 bridgehead atoms. The van der Waals surface area contributed by atoms with Crippen molar-refractivity contribution >= 4 is 12.0 Å². The van der Waals surface area contributed by atoms with E-state index in [0.29, 0.717) is 17.1 Å². The van der Waals surface area contributed by atoms with Crippen LogP contribution in [0.15, 0.2) is 48.5 Å². The van der Waals surface area contributed by atoms with Crippen molar-refractivity contribution in [2.45, 2.75) is 13.2 Å². The van der Waals surface area contributed by atoms with Gasteiger partial charge in [0.25, 0.3) is 0 Å². The van der Waals surface area contributed by atoms with Gasteiger partial charge in [-0.25, -0.2) is 4.79 Å². The van der Waals surface area contributed by atoms with E-state index in [2.05, 4.69) is 4.74 Å². The smallest absolute Gasteiger partial charge is 0.387 e. The van der Waals surface area contributed by atoms with Crippen molar-refractivity contribution in [1.29, 1.82) is 0 Å². The first-order chi connectivity index (χ1) is 12.5. The summed E-state index contributed by atoms with van der Waals surface area (Å²) in [4.78, 5) is 11.8. The van der Waals surface area contributed by atoms with E-state index in [4.69, 9.17) is 14.2 Å². The van der Waals surface area contributed by atoms with Crippen LogP contribution in [-0.4, -0.2) is 26.8 Å². The van der Waals surface area contributed by atoms with Crippen molar-refractivity contribution in [3.63, 3.8) is 0 Å². The van der Waals surface area contributed by atoms with Gasteiger partial charge in [-0.3, -0.25) is 0 Å². The number of carbonyl (C=O) groups excluding carboxylic acids is 1. The zero-order valence-corrected chi connectivity index (χ0v) is 14.3. The molecule has 0 aliphatic carbocycles. The van der Waals surface area contributed by atoms with E-state index >= 15 is 0 Å². The number of halogens is 2. The highest BCUT2D eigenvalue weighted by molar-refractivity contribution is 5.87. The molecule has 0 heterocycles. The fourth-order valence-corrected chi connectivity index (χ4v) is 2.10. The topological polar surface area (TPSA) is 54.0 Å². The van der Waals surface area contributed by atoms with Gasteiger partial charge in [0.15, 0.2) is 11.5 Å². The highest BCUT2D eigenvalue weighted by atomic mass is 19.3. The van der Waals surface area contributed by atoms with E-state index < -0.39 is 12.6 Å². The summed E-state index contributed by atoms with van der Waals surface area (Å²) in [5.41, 5.74) is 1.40. The highest BCUT2D eigenvalue weighted by Gasteiger charge is 2.06. The molecular weight excluding hydrogens is 346 g/mol. The first-order valence-electron chi connectivity index (χ1n) is 7.62. The summed E-state index contributed by atoms with van der Waals surface area (Å²) in [5.74, 6) is 0.644. The van der Waals surface area contributed by atoms with Gasteiger partial charge in [-0.05, 0) is 41.5 Å². The van der Waals surface area contributed by atoms with Crippen molar-refractivity contribution in [1.82, 2.24) is 0 Å². The molecule has 0 aromatic heterocycles. The van der Waals surface area contributed by atoms with Gasteiger partial charge in [0.2, 0.25) is 0 Å². The monoisotopic (exact) mass is 364 g/mol. The molecule has 5 nitrogen and oxygen atoms in total. The Labute approximate surface area is 149 Å². The van der Waals surface area contributed by atoms with Gasteiger partial charge < -0.3 is 18.9 Å². The van der Waals surface area contributed by atoms with Gasteiger partial charge in [-0.1, -0.05) is 18.2 Å². The molecule has 0 unspecified atom stereocenters. The Morgan fingerprint density at radius 1 is 1.04 bits per heavy atom. The van der Waals surface area contributed by atoms with Gasteiger partial charge in [-0.2, -0.15) is 8.78 Å². The van der Waals surface area contributed by atoms with E-state index in [0.717, 1.165) is 5.56 Å². The third-order valence-corrected chi connectivity index (χ3v) is 3.35. The van der Waals surface area contributed by atoms with E-state index in [1.807, 2.05) is 0 Å². The summed E-state index contributed by atoms with van der Waals surface area (Å²) >= 11 is 0. The van der Waals surface area contributed by atoms with Crippen LogP contribution in [0, 0.1) is 0 Å². The van der Waals surface area contributed by atoms with Crippen LogP contribution < -0.4 is 14.2 Å². The molecule has 0 aliphatic rings. The average Bonchev–Trinajstić information content (AvgIpc) is 2.65. The normalized spacial score (nSPS) is 10.8. The van der Waals surface area contributed by atoms with Crippen molar-refractivity contribution in [2.24, 2.45) is 0 Å². The number of carbonyl (C=O) groups is 1. The van der Waals surface area contributed by atoms with Crippen molar-refractivity contribution in [3.05, 3.63) is 59.7 Å². The molecule has 26 heavy (non-hydrogen) atoms. The standard InChI is InChI=1S/C19H18F2O5/c1-23-16-9-5-14(11-17(16)24-2)12-25-18(22)10-6-13-3-7-15(8-4-13)26-19(20)21/h3-11,19H,12H2,1-2H3/b10-6+. The Morgan fingerprint density at radius 2 is 1.73 bits per heavy atom. The summed E-state index contributed by atoms with van der Waals surface area (Å²) in [6.07, 6.45) is 2.77. The fourth-order valence-electron chi connectivity index (χ4n) is 2.10. The van der Waals surface area contributed by atoms with Gasteiger partial charge in [0.1, 0.15) is 12.4 Å². The summed E-state index contributed by atoms with van der Waals surface area (Å²) in [5, 5.41) is 0. The van der Waals surface area contributed by atoms with Crippen LogP contribution in [0.1, 0.15) is 11.1 Å². The molecule has 0 saturated carbocycles. The quantitative estimate of drug-likeness (QED) is 0.522. The van der Waals surface area contributed by atoms with Crippen LogP contribution in [0.2, 0.25) is 0 Å². The SMILES string of the molecule is COc1ccc(COC(=O)/C=C/c2ccc(OC(F)F)cc2)cc1OC. The molecule has 0 aliphatic heterocycles. The second-order valence-electron chi connectivity index (χ2n) is 5.08. The summed E-state index contributed by atoms with van der Waals surface area (Å²) in [7, 11) is 3.06. The Hall–Kier alpha value is -3.09. The van der Waals surface area contributed by atoms with Crippen LogP contribution in [0.4, 0.5) is 8.78 Å². The Kier molecular flexibility index (Phi) is 6.96. The highest BCUT2D eigenvalue weighted by Crippen LogP contribution is 2.27. The van der Waals surface area contributed by atoms with Crippen molar-refractivity contribution in [3.8, 4) is 17.2 Å². The molecule has 2 aromatic rings. The van der Waals surface area contributed by atoms with Crippen molar-refractivity contribution < 1.29 is 32.5 Å². The lowest BCUT2D eigenvalue weighted by molar-refractivity contribution is -0.138. The maximum Gasteiger partial charge on any atom is 0.387 e. The van der Waals surface area contributed by atoms with E-state index in [1.54, 1.807) is 30.3 Å². The lowest BCUT2D eigenvalue weighted by Gasteiger charge is -2.09. The lowest BCUT2D eigenvalue weighted by Crippen LogP contribution is -2.02. The molecule has 0 amide bonds. The number of esters is 1. The van der Waals surface area contributed by atoms with Gasteiger partial charge in [0, 0.05) is 6.08 Å². The Balaban J connectivity index is 1.89. The summed E-state index contributed by atoms with van der Waals surface area (Å²) < 4.78 is 43.9. The molecule has 0 atom stereocenters. The Morgan fingerprint density at radius 3 is 2.35 bits per heavy atom. The first kappa shape index (κ1) is 19.2. The second-order valence-corrected chi connectivity index (χ2v) is 5.08. The number of rotatable bonds is 8. The number of benzene rings is 2. The predicted octanol–water partition coefficient (Wildman–Crippen LogP) is 4.06. The first-order valence-corrected chi connectivity index (χ1v) is 7.62. The summed E-state index contributed by atoms with van der Waals surface area (Å²) in [6.45, 7) is -2.80. The Bertz CT molecular complexity index is 757. The van der Waals surface area contributed by atoms with Gasteiger partial charge >= 0.3 is 12.6 Å².